The van der Waals surface area contributed by atoms with Crippen LogP contribution < -0.4 is 30.2 Å². The molecule has 2 aliphatic heterocycles. The molecule has 1 fully saturated rings. The Hall–Kier alpha value is -4.09. The van der Waals surface area contributed by atoms with E-state index in [2.05, 4.69) is 37.9 Å². The third-order valence-corrected chi connectivity index (χ3v) is 7.02. The number of fused-ring (bicyclic) bond motifs is 1. The number of halogens is 1. The van der Waals surface area contributed by atoms with Gasteiger partial charge in [-0.05, 0) is 70.2 Å². The fourth-order valence-electron chi connectivity index (χ4n) is 4.56. The molecule has 2 amide bonds. The van der Waals surface area contributed by atoms with Crippen LogP contribution in [0.1, 0.15) is 40.5 Å². The number of nitrogens with one attached hydrogen (secondary N) is 3. The molecule has 0 bridgehead atoms. The van der Waals surface area contributed by atoms with Crippen molar-refractivity contribution in [3.05, 3.63) is 58.7 Å². The highest BCUT2D eigenvalue weighted by molar-refractivity contribution is 6.31. The van der Waals surface area contributed by atoms with Crippen LogP contribution in [0.4, 0.5) is 11.6 Å². The van der Waals surface area contributed by atoms with Gasteiger partial charge in [-0.3, -0.25) is 9.59 Å². The molecule has 3 N–H and O–H groups in total. The van der Waals surface area contributed by atoms with Crippen molar-refractivity contribution < 1.29 is 23.8 Å². The molecular formula is C28H31ClN6O5. The summed E-state index contributed by atoms with van der Waals surface area (Å²) in [5.41, 5.74) is 1.29. The molecule has 2 aliphatic rings. The molecule has 3 aromatic rings. The first kappa shape index (κ1) is 27.5. The number of methoxy groups -OCH3 is 1. The Bertz CT molecular complexity index is 1410. The first-order chi connectivity index (χ1) is 19.3. The zero-order valence-corrected chi connectivity index (χ0v) is 23.2. The van der Waals surface area contributed by atoms with Gasteiger partial charge in [0.2, 0.25) is 11.8 Å². The van der Waals surface area contributed by atoms with Crippen LogP contribution in [0.25, 0.3) is 0 Å². The largest absolute Gasteiger partial charge is 0.495 e. The predicted octanol–water partition coefficient (Wildman–Crippen LogP) is 4.01. The average molecular weight is 567 g/mol. The number of carbonyl (C=O) groups is 2. The smallest absolute Gasteiger partial charge is 0.259 e. The number of likely N-dealkylation sites (tertiary alicyclic amines) is 1. The Morgan fingerprint density at radius 1 is 1.20 bits per heavy atom. The van der Waals surface area contributed by atoms with Gasteiger partial charge in [0.1, 0.15) is 34.4 Å². The van der Waals surface area contributed by atoms with Gasteiger partial charge >= 0.3 is 0 Å². The molecule has 1 aromatic heterocycles. The molecule has 0 aliphatic carbocycles. The van der Waals surface area contributed by atoms with Crippen molar-refractivity contribution >= 4 is 35.1 Å². The van der Waals surface area contributed by atoms with Gasteiger partial charge < -0.3 is 35.1 Å². The zero-order valence-electron chi connectivity index (χ0n) is 22.5. The van der Waals surface area contributed by atoms with E-state index in [4.69, 9.17) is 25.8 Å². The van der Waals surface area contributed by atoms with E-state index in [9.17, 15) is 9.59 Å². The van der Waals surface area contributed by atoms with Crippen LogP contribution in [0.15, 0.2) is 42.6 Å². The lowest BCUT2D eigenvalue weighted by Crippen LogP contribution is -2.43. The Labute approximate surface area is 237 Å². The summed E-state index contributed by atoms with van der Waals surface area (Å²) in [7, 11) is 3.60. The third kappa shape index (κ3) is 6.21. The molecule has 1 unspecified atom stereocenters. The van der Waals surface area contributed by atoms with Crippen molar-refractivity contribution in [1.29, 1.82) is 0 Å². The van der Waals surface area contributed by atoms with Crippen molar-refractivity contribution in [2.75, 3.05) is 39.2 Å². The maximum atomic E-state index is 12.9. The van der Waals surface area contributed by atoms with Crippen molar-refractivity contribution in [1.82, 2.24) is 25.5 Å². The fraction of sp³-hybridized carbons (Fsp3) is 0.357. The molecule has 0 radical (unpaired) electrons. The Balaban J connectivity index is 1.33. The van der Waals surface area contributed by atoms with E-state index < -0.39 is 0 Å². The van der Waals surface area contributed by atoms with Gasteiger partial charge in [-0.2, -0.15) is 4.98 Å². The summed E-state index contributed by atoms with van der Waals surface area (Å²) in [4.78, 5) is 36.6. The van der Waals surface area contributed by atoms with Gasteiger partial charge in [0, 0.05) is 11.6 Å². The number of anilines is 2. The molecule has 0 saturated carbocycles. The lowest BCUT2D eigenvalue weighted by Gasteiger charge is -2.29. The van der Waals surface area contributed by atoms with E-state index in [0.717, 1.165) is 25.9 Å². The summed E-state index contributed by atoms with van der Waals surface area (Å²) in [5, 5.41) is 9.22. The van der Waals surface area contributed by atoms with Gasteiger partial charge in [-0.15, -0.1) is 0 Å². The first-order valence-corrected chi connectivity index (χ1v) is 13.4. The Morgan fingerprint density at radius 2 is 2.00 bits per heavy atom. The third-order valence-electron chi connectivity index (χ3n) is 6.76. The summed E-state index contributed by atoms with van der Waals surface area (Å²) in [6.07, 6.45) is 3.22. The highest BCUT2D eigenvalue weighted by Crippen LogP contribution is 2.36. The molecule has 12 heteroatoms. The SMILES string of the molecule is COc1cc(C(=O)NC2CCN(C)CC2)ccc1Nc1ncc(Cl)c(Oc2cccc3c2C(=O)NC(C)CO3)n1. The first-order valence-electron chi connectivity index (χ1n) is 13.0. The lowest BCUT2D eigenvalue weighted by atomic mass is 10.0. The molecule has 1 saturated heterocycles. The second-order valence-electron chi connectivity index (χ2n) is 9.85. The van der Waals surface area contributed by atoms with Gasteiger partial charge in [-0.1, -0.05) is 17.7 Å². The Morgan fingerprint density at radius 3 is 2.77 bits per heavy atom. The minimum absolute atomic E-state index is 0.0470. The standard InChI is InChI=1S/C28H31ClN6O5/c1-16-15-39-21-5-4-6-22(24(21)26(37)31-16)40-27-19(29)14-30-28(34-27)33-20-8-7-17(13-23(20)38-3)25(36)32-18-9-11-35(2)12-10-18/h4-8,13-14,16,18H,9-12,15H2,1-3H3,(H,31,37)(H,32,36)(H,30,33,34). The molecule has 5 rings (SSSR count). The summed E-state index contributed by atoms with van der Waals surface area (Å²) in [6, 6.07) is 10.2. The number of aromatic nitrogens is 2. The molecule has 3 heterocycles. The second-order valence-corrected chi connectivity index (χ2v) is 10.3. The summed E-state index contributed by atoms with van der Waals surface area (Å²) in [5.74, 6) is 0.850. The molecule has 210 valence electrons. The van der Waals surface area contributed by atoms with Crippen LogP contribution >= 0.6 is 11.6 Å². The predicted molar refractivity (Wildman–Crippen MR) is 150 cm³/mol. The van der Waals surface area contributed by atoms with E-state index >= 15 is 0 Å². The van der Waals surface area contributed by atoms with Crippen molar-refractivity contribution in [3.8, 4) is 23.1 Å². The van der Waals surface area contributed by atoms with Crippen LogP contribution in [-0.4, -0.2) is 72.6 Å². The number of amides is 2. The fourth-order valence-corrected chi connectivity index (χ4v) is 4.69. The number of ether oxygens (including phenoxy) is 3. The normalized spacial score (nSPS) is 17.6. The lowest BCUT2D eigenvalue weighted by molar-refractivity contribution is 0.0914. The van der Waals surface area contributed by atoms with Crippen molar-refractivity contribution in [2.24, 2.45) is 0 Å². The van der Waals surface area contributed by atoms with E-state index in [1.54, 1.807) is 36.4 Å². The molecule has 1 atom stereocenters. The summed E-state index contributed by atoms with van der Waals surface area (Å²) < 4.78 is 17.3. The maximum Gasteiger partial charge on any atom is 0.259 e. The average Bonchev–Trinajstić information content (AvgIpc) is 3.09. The summed E-state index contributed by atoms with van der Waals surface area (Å²) >= 11 is 6.34. The van der Waals surface area contributed by atoms with E-state index in [-0.39, 0.29) is 52.1 Å². The maximum absolute atomic E-state index is 12.9. The van der Waals surface area contributed by atoms with E-state index in [1.165, 1.54) is 13.3 Å². The van der Waals surface area contributed by atoms with Crippen LogP contribution in [0.2, 0.25) is 5.02 Å². The van der Waals surface area contributed by atoms with E-state index in [0.29, 0.717) is 29.4 Å². The molecule has 0 spiro atoms. The number of piperidine rings is 1. The number of nitrogens with zero attached hydrogens (tertiary/aromatic N) is 3. The van der Waals surface area contributed by atoms with Crippen LogP contribution in [0.5, 0.6) is 23.1 Å². The van der Waals surface area contributed by atoms with Crippen LogP contribution in [0, 0.1) is 0 Å². The van der Waals surface area contributed by atoms with Crippen LogP contribution in [-0.2, 0) is 0 Å². The number of hydrogen-bond donors (Lipinski definition) is 3. The number of hydrogen-bond acceptors (Lipinski definition) is 9. The quantitative estimate of drug-likeness (QED) is 0.389. The van der Waals surface area contributed by atoms with Gasteiger partial charge in [0.15, 0.2) is 0 Å². The molecule has 2 aromatic carbocycles. The second kappa shape index (κ2) is 12.0. The minimum atomic E-state index is -0.316. The van der Waals surface area contributed by atoms with E-state index in [1.807, 2.05) is 6.92 Å². The highest BCUT2D eigenvalue weighted by Gasteiger charge is 2.26. The van der Waals surface area contributed by atoms with Crippen molar-refractivity contribution in [3.63, 3.8) is 0 Å². The topological polar surface area (TPSA) is 127 Å². The van der Waals surface area contributed by atoms with Gasteiger partial charge in [-0.25, -0.2) is 4.98 Å². The van der Waals surface area contributed by atoms with Gasteiger partial charge in [0.05, 0.1) is 25.0 Å². The number of rotatable bonds is 7. The Kier molecular flexibility index (Phi) is 8.22. The zero-order chi connectivity index (χ0) is 28.2. The summed E-state index contributed by atoms with van der Waals surface area (Å²) in [6.45, 7) is 4.10. The van der Waals surface area contributed by atoms with Gasteiger partial charge in [0.25, 0.3) is 11.8 Å². The number of carbonyl (C=O) groups excluding carboxylic acids is 2. The molecule has 40 heavy (non-hydrogen) atoms. The monoisotopic (exact) mass is 566 g/mol. The van der Waals surface area contributed by atoms with Crippen LogP contribution in [0.3, 0.4) is 0 Å². The highest BCUT2D eigenvalue weighted by atomic mass is 35.5. The minimum Gasteiger partial charge on any atom is -0.495 e. The molecular weight excluding hydrogens is 536 g/mol. The molecule has 11 nitrogen and oxygen atoms in total. The van der Waals surface area contributed by atoms with Crippen molar-refractivity contribution in [2.45, 2.75) is 31.8 Å². The number of benzene rings is 2.